The highest BCUT2D eigenvalue weighted by Gasteiger charge is 2.17. The predicted molar refractivity (Wildman–Crippen MR) is 102 cm³/mol. The van der Waals surface area contributed by atoms with Crippen LogP contribution in [0.2, 0.25) is 0 Å². The van der Waals surface area contributed by atoms with Crippen LogP contribution in [0, 0.1) is 10.8 Å². The van der Waals surface area contributed by atoms with Gasteiger partial charge in [-0.1, -0.05) is 66.0 Å². The molecule has 0 atom stereocenters. The van der Waals surface area contributed by atoms with E-state index in [0.29, 0.717) is 0 Å². The van der Waals surface area contributed by atoms with Crippen molar-refractivity contribution in [1.82, 2.24) is 0 Å². The summed E-state index contributed by atoms with van der Waals surface area (Å²) in [7, 11) is 0. The topological polar surface area (TPSA) is 24.1 Å². The van der Waals surface area contributed by atoms with Gasteiger partial charge in [0.15, 0.2) is 0 Å². The number of hydrogen-bond donors (Lipinski definition) is 2. The lowest BCUT2D eigenvalue weighted by molar-refractivity contribution is 0.436. The number of rotatable bonds is 3. The van der Waals surface area contributed by atoms with Crippen LogP contribution in [0.25, 0.3) is 0 Å². The molecule has 0 radical (unpaired) electrons. The summed E-state index contributed by atoms with van der Waals surface area (Å²) in [5.74, 6) is 0. The van der Waals surface area contributed by atoms with Gasteiger partial charge in [-0.3, -0.25) is 0 Å². The summed E-state index contributed by atoms with van der Waals surface area (Å²) < 4.78 is 0. The molecule has 0 fully saturated rings. The van der Waals surface area contributed by atoms with Crippen LogP contribution in [-0.2, 0) is 0 Å². The fourth-order valence-corrected chi connectivity index (χ4v) is 2.31. The fraction of sp³-hybridized carbons (Fsp3) is 0.529. The van der Waals surface area contributed by atoms with Crippen LogP contribution < -0.4 is 10.6 Å². The van der Waals surface area contributed by atoms with E-state index in [-0.39, 0.29) is 10.8 Å². The Hall–Kier alpha value is -1.00. The number of benzene rings is 1. The zero-order chi connectivity index (χ0) is 16.3. The quantitative estimate of drug-likeness (QED) is 0.702. The number of thiocarbonyl (C=S) groups is 2. The highest BCUT2D eigenvalue weighted by atomic mass is 32.1. The molecule has 0 aliphatic carbocycles. The number of hydrogen-bond acceptors (Lipinski definition) is 2. The molecule has 0 saturated heterocycles. The first kappa shape index (κ1) is 18.1. The Kier molecular flexibility index (Phi) is 5.88. The average Bonchev–Trinajstić information content (AvgIpc) is 2.27. The molecule has 4 heteroatoms. The van der Waals surface area contributed by atoms with E-state index in [2.05, 4.69) is 52.2 Å². The van der Waals surface area contributed by atoms with Crippen LogP contribution in [0.5, 0.6) is 0 Å². The molecular formula is C17H26N2S2. The van der Waals surface area contributed by atoms with Crippen molar-refractivity contribution in [3.8, 4) is 0 Å². The van der Waals surface area contributed by atoms with Crippen LogP contribution in [-0.4, -0.2) is 9.98 Å². The van der Waals surface area contributed by atoms with Gasteiger partial charge < -0.3 is 10.6 Å². The Labute approximate surface area is 139 Å². The van der Waals surface area contributed by atoms with Gasteiger partial charge in [-0.05, 0) is 29.7 Å². The van der Waals surface area contributed by atoms with E-state index in [1.807, 2.05) is 24.3 Å². The summed E-state index contributed by atoms with van der Waals surface area (Å²) in [5.41, 5.74) is 2.18. The van der Waals surface area contributed by atoms with Gasteiger partial charge in [-0.15, -0.1) is 0 Å². The van der Waals surface area contributed by atoms with Crippen molar-refractivity contribution in [2.75, 3.05) is 10.6 Å². The van der Waals surface area contributed by atoms with Gasteiger partial charge in [-0.25, -0.2) is 0 Å². The molecule has 0 aromatic heterocycles. The zero-order valence-corrected chi connectivity index (χ0v) is 15.5. The molecule has 1 aromatic rings. The first-order chi connectivity index (χ1) is 9.47. The minimum Gasteiger partial charge on any atom is -0.350 e. The molecule has 0 aliphatic heterocycles. The minimum absolute atomic E-state index is 0.0273. The first-order valence-electron chi connectivity index (χ1n) is 7.19. The van der Waals surface area contributed by atoms with Gasteiger partial charge in [0.25, 0.3) is 0 Å². The summed E-state index contributed by atoms with van der Waals surface area (Å²) in [6.45, 7) is 12.8. The van der Waals surface area contributed by atoms with Crippen molar-refractivity contribution in [3.63, 3.8) is 0 Å². The second-order valence-corrected chi connectivity index (χ2v) is 8.47. The molecule has 0 heterocycles. The van der Waals surface area contributed by atoms with E-state index in [0.717, 1.165) is 27.8 Å². The zero-order valence-electron chi connectivity index (χ0n) is 13.8. The molecule has 0 spiro atoms. The summed E-state index contributed by atoms with van der Waals surface area (Å²) in [6, 6.07) is 8.06. The second kappa shape index (κ2) is 6.84. The minimum atomic E-state index is -0.0273. The SMILES string of the molecule is CC(C)(C)CC(=S)Nc1ccc(NC(=S)C(C)(C)C)cc1. The maximum Gasteiger partial charge on any atom is 0.0851 e. The van der Waals surface area contributed by atoms with E-state index in [1.54, 1.807) is 0 Å². The molecule has 0 unspecified atom stereocenters. The normalized spacial score (nSPS) is 11.9. The Morgan fingerprint density at radius 3 is 1.67 bits per heavy atom. The van der Waals surface area contributed by atoms with Crippen LogP contribution >= 0.6 is 24.4 Å². The Morgan fingerprint density at radius 2 is 1.29 bits per heavy atom. The molecule has 0 amide bonds. The monoisotopic (exact) mass is 322 g/mol. The summed E-state index contributed by atoms with van der Waals surface area (Å²) in [5, 5.41) is 6.55. The Bertz CT molecular complexity index is 505. The van der Waals surface area contributed by atoms with Crippen molar-refractivity contribution in [2.45, 2.75) is 48.0 Å². The third kappa shape index (κ3) is 7.00. The van der Waals surface area contributed by atoms with E-state index >= 15 is 0 Å². The molecular weight excluding hydrogens is 296 g/mol. The van der Waals surface area contributed by atoms with Crippen molar-refractivity contribution in [2.24, 2.45) is 10.8 Å². The van der Waals surface area contributed by atoms with Gasteiger partial charge in [0.1, 0.15) is 0 Å². The van der Waals surface area contributed by atoms with E-state index in [1.165, 1.54) is 0 Å². The molecule has 0 saturated carbocycles. The third-order valence-corrected chi connectivity index (χ3v) is 3.76. The van der Waals surface area contributed by atoms with Gasteiger partial charge in [0, 0.05) is 23.2 Å². The molecule has 116 valence electrons. The molecule has 1 aromatic carbocycles. The summed E-state index contributed by atoms with van der Waals surface area (Å²) >= 11 is 10.8. The Morgan fingerprint density at radius 1 is 0.857 bits per heavy atom. The maximum atomic E-state index is 5.39. The van der Waals surface area contributed by atoms with Gasteiger partial charge >= 0.3 is 0 Å². The first-order valence-corrected chi connectivity index (χ1v) is 8.00. The van der Waals surface area contributed by atoms with E-state index in [9.17, 15) is 0 Å². The third-order valence-electron chi connectivity index (χ3n) is 2.80. The molecule has 2 N–H and O–H groups in total. The predicted octanol–water partition coefficient (Wildman–Crippen LogP) is 5.65. The van der Waals surface area contributed by atoms with Crippen molar-refractivity contribution >= 4 is 45.8 Å². The largest absolute Gasteiger partial charge is 0.350 e. The van der Waals surface area contributed by atoms with Crippen molar-refractivity contribution in [1.29, 1.82) is 0 Å². The Balaban J connectivity index is 2.63. The molecule has 0 bridgehead atoms. The average molecular weight is 323 g/mol. The number of anilines is 2. The van der Waals surface area contributed by atoms with Crippen LogP contribution in [0.1, 0.15) is 48.0 Å². The summed E-state index contributed by atoms with van der Waals surface area (Å²) in [4.78, 5) is 1.71. The highest BCUT2D eigenvalue weighted by molar-refractivity contribution is 7.80. The van der Waals surface area contributed by atoms with Crippen molar-refractivity contribution in [3.05, 3.63) is 24.3 Å². The lowest BCUT2D eigenvalue weighted by atomic mass is 9.92. The van der Waals surface area contributed by atoms with Gasteiger partial charge in [0.05, 0.1) is 9.98 Å². The molecule has 1 rings (SSSR count). The molecule has 2 nitrogen and oxygen atoms in total. The van der Waals surface area contributed by atoms with Crippen LogP contribution in [0.4, 0.5) is 11.4 Å². The smallest absolute Gasteiger partial charge is 0.0851 e. The summed E-state index contributed by atoms with van der Waals surface area (Å²) in [6.07, 6.45) is 0.871. The van der Waals surface area contributed by atoms with Crippen LogP contribution in [0.15, 0.2) is 24.3 Å². The van der Waals surface area contributed by atoms with Gasteiger partial charge in [-0.2, -0.15) is 0 Å². The molecule has 0 aliphatic rings. The van der Waals surface area contributed by atoms with Crippen molar-refractivity contribution < 1.29 is 0 Å². The maximum absolute atomic E-state index is 5.39. The lowest BCUT2D eigenvalue weighted by Gasteiger charge is -2.21. The second-order valence-electron chi connectivity index (χ2n) is 7.57. The molecule has 21 heavy (non-hydrogen) atoms. The highest BCUT2D eigenvalue weighted by Crippen LogP contribution is 2.22. The lowest BCUT2D eigenvalue weighted by Crippen LogP contribution is -2.25. The van der Waals surface area contributed by atoms with Gasteiger partial charge in [0.2, 0.25) is 0 Å². The fourth-order valence-electron chi connectivity index (χ4n) is 1.64. The standard InChI is InChI=1S/C17H26N2S2/c1-16(2,3)11-14(20)18-12-7-9-13(10-8-12)19-15(21)17(4,5)6/h7-10H,11H2,1-6H3,(H,18,20)(H,19,21). The van der Waals surface area contributed by atoms with E-state index in [4.69, 9.17) is 24.4 Å². The van der Waals surface area contributed by atoms with E-state index < -0.39 is 0 Å². The van der Waals surface area contributed by atoms with Crippen LogP contribution in [0.3, 0.4) is 0 Å². The number of nitrogens with one attached hydrogen (secondary N) is 2.